The highest BCUT2D eigenvalue weighted by Crippen LogP contribution is 2.30. The number of esters is 2. The molecule has 106 valence electrons. The molecule has 0 spiro atoms. The van der Waals surface area contributed by atoms with Gasteiger partial charge < -0.3 is 9.47 Å². The van der Waals surface area contributed by atoms with Crippen LogP contribution in [0, 0.1) is 0 Å². The summed E-state index contributed by atoms with van der Waals surface area (Å²) in [5, 5.41) is 0.885. The largest absolute Gasteiger partial charge is 0.462 e. The quantitative estimate of drug-likeness (QED) is 0.804. The molecule has 0 aliphatic carbocycles. The fraction of sp³-hybridized carbons (Fsp3) is 0.286. The highest BCUT2D eigenvalue weighted by Gasteiger charge is 2.26. The van der Waals surface area contributed by atoms with Gasteiger partial charge in [-0.15, -0.1) is 0 Å². The minimum atomic E-state index is -0.488. The standard InChI is InChI=1S/C14H12Cl2O4/c1-8(17)19-7-10-3-5-12(14(18)20-10)11-4-2-9(15)6-13(11)16/h2,4-6,10H,3,7H2,1H3. The van der Waals surface area contributed by atoms with Gasteiger partial charge in [0.2, 0.25) is 0 Å². The predicted octanol–water partition coefficient (Wildman–Crippen LogP) is 3.26. The summed E-state index contributed by atoms with van der Waals surface area (Å²) in [6.07, 6.45) is 1.74. The van der Waals surface area contributed by atoms with Gasteiger partial charge in [0.1, 0.15) is 12.7 Å². The van der Waals surface area contributed by atoms with Crippen molar-refractivity contribution in [2.24, 2.45) is 0 Å². The normalized spacial score (nSPS) is 18.2. The van der Waals surface area contributed by atoms with E-state index in [1.165, 1.54) is 6.92 Å². The van der Waals surface area contributed by atoms with Crippen LogP contribution in [0.5, 0.6) is 0 Å². The van der Waals surface area contributed by atoms with Crippen LogP contribution in [0.15, 0.2) is 24.3 Å². The minimum Gasteiger partial charge on any atom is -0.462 e. The van der Waals surface area contributed by atoms with Gasteiger partial charge in [0.25, 0.3) is 0 Å². The van der Waals surface area contributed by atoms with Crippen molar-refractivity contribution >= 4 is 40.7 Å². The highest BCUT2D eigenvalue weighted by molar-refractivity contribution is 6.37. The van der Waals surface area contributed by atoms with E-state index < -0.39 is 18.0 Å². The number of hydrogen-bond acceptors (Lipinski definition) is 4. The second-order valence-electron chi connectivity index (χ2n) is 4.31. The van der Waals surface area contributed by atoms with E-state index in [-0.39, 0.29) is 6.61 Å². The number of halogens is 2. The minimum absolute atomic E-state index is 0.0548. The predicted molar refractivity (Wildman–Crippen MR) is 75.6 cm³/mol. The molecule has 20 heavy (non-hydrogen) atoms. The molecule has 6 heteroatoms. The van der Waals surface area contributed by atoms with E-state index in [4.69, 9.17) is 32.7 Å². The van der Waals surface area contributed by atoms with Crippen LogP contribution in [0.4, 0.5) is 0 Å². The Labute approximate surface area is 126 Å². The Morgan fingerprint density at radius 2 is 2.20 bits per heavy atom. The first-order valence-corrected chi connectivity index (χ1v) is 6.73. The number of benzene rings is 1. The Morgan fingerprint density at radius 3 is 2.80 bits per heavy atom. The lowest BCUT2D eigenvalue weighted by molar-refractivity contribution is -0.154. The number of hydrogen-bond donors (Lipinski definition) is 0. The van der Waals surface area contributed by atoms with Crippen LogP contribution in [0.25, 0.3) is 5.57 Å². The van der Waals surface area contributed by atoms with Gasteiger partial charge in [0.15, 0.2) is 0 Å². The van der Waals surface area contributed by atoms with Gasteiger partial charge in [-0.1, -0.05) is 35.3 Å². The molecular weight excluding hydrogens is 303 g/mol. The summed E-state index contributed by atoms with van der Waals surface area (Å²) in [7, 11) is 0. The molecule has 1 aliphatic heterocycles. The van der Waals surface area contributed by atoms with E-state index in [9.17, 15) is 9.59 Å². The van der Waals surface area contributed by atoms with E-state index in [0.717, 1.165) is 0 Å². The lowest BCUT2D eigenvalue weighted by Gasteiger charge is -2.22. The number of cyclic esters (lactones) is 1. The second-order valence-corrected chi connectivity index (χ2v) is 5.15. The lowest BCUT2D eigenvalue weighted by atomic mass is 10.0. The number of rotatable bonds is 3. The molecule has 1 atom stereocenters. The highest BCUT2D eigenvalue weighted by atomic mass is 35.5. The van der Waals surface area contributed by atoms with Gasteiger partial charge in [0.05, 0.1) is 10.6 Å². The van der Waals surface area contributed by atoms with Gasteiger partial charge in [-0.25, -0.2) is 4.79 Å². The molecule has 1 aromatic rings. The summed E-state index contributed by atoms with van der Waals surface area (Å²) in [5.41, 5.74) is 0.970. The maximum absolute atomic E-state index is 12.0. The van der Waals surface area contributed by atoms with E-state index in [1.54, 1.807) is 24.3 Å². The lowest BCUT2D eigenvalue weighted by Crippen LogP contribution is -2.28. The molecule has 0 saturated carbocycles. The molecule has 0 amide bonds. The maximum atomic E-state index is 12.0. The molecule has 1 aliphatic rings. The van der Waals surface area contributed by atoms with Gasteiger partial charge in [-0.2, -0.15) is 0 Å². The Kier molecular flexibility index (Phi) is 4.68. The Hall–Kier alpha value is -1.52. The zero-order chi connectivity index (χ0) is 14.7. The Bertz CT molecular complexity index is 581. The van der Waals surface area contributed by atoms with E-state index in [1.807, 2.05) is 0 Å². The summed E-state index contributed by atoms with van der Waals surface area (Å²) < 4.78 is 10.0. The fourth-order valence-corrected chi connectivity index (χ4v) is 2.35. The maximum Gasteiger partial charge on any atom is 0.338 e. The van der Waals surface area contributed by atoms with Crippen molar-refractivity contribution in [3.63, 3.8) is 0 Å². The molecule has 0 N–H and O–H groups in total. The first-order chi connectivity index (χ1) is 9.47. The first kappa shape index (κ1) is 14.9. The zero-order valence-corrected chi connectivity index (χ0v) is 12.2. The fourth-order valence-electron chi connectivity index (χ4n) is 1.84. The van der Waals surface area contributed by atoms with Crippen molar-refractivity contribution in [3.05, 3.63) is 39.9 Å². The third-order valence-electron chi connectivity index (χ3n) is 2.77. The molecule has 0 radical (unpaired) electrons. The average Bonchev–Trinajstić information content (AvgIpc) is 2.37. The zero-order valence-electron chi connectivity index (χ0n) is 10.7. The Balaban J connectivity index is 2.14. The molecule has 1 heterocycles. The van der Waals surface area contributed by atoms with Crippen molar-refractivity contribution in [2.75, 3.05) is 6.61 Å². The summed E-state index contributed by atoms with van der Waals surface area (Å²) >= 11 is 11.9. The third kappa shape index (κ3) is 3.52. The number of ether oxygens (including phenoxy) is 2. The molecule has 4 nitrogen and oxygen atoms in total. The SMILES string of the molecule is CC(=O)OCC1CC=C(c2ccc(Cl)cc2Cl)C(=O)O1. The van der Waals surface area contributed by atoms with Crippen LogP contribution in [0.3, 0.4) is 0 Å². The van der Waals surface area contributed by atoms with Crippen LogP contribution in [-0.2, 0) is 19.1 Å². The van der Waals surface area contributed by atoms with Crippen LogP contribution in [-0.4, -0.2) is 24.6 Å². The molecule has 0 aromatic heterocycles. The van der Waals surface area contributed by atoms with E-state index >= 15 is 0 Å². The number of carbonyl (C=O) groups is 2. The molecule has 2 rings (SSSR count). The van der Waals surface area contributed by atoms with Crippen LogP contribution >= 0.6 is 23.2 Å². The van der Waals surface area contributed by atoms with Crippen LogP contribution in [0.1, 0.15) is 18.9 Å². The average molecular weight is 315 g/mol. The van der Waals surface area contributed by atoms with Crippen molar-refractivity contribution < 1.29 is 19.1 Å². The van der Waals surface area contributed by atoms with Crippen molar-refractivity contribution in [2.45, 2.75) is 19.4 Å². The Morgan fingerprint density at radius 1 is 1.45 bits per heavy atom. The second kappa shape index (κ2) is 6.29. The van der Waals surface area contributed by atoms with Gasteiger partial charge >= 0.3 is 11.9 Å². The molecule has 1 aromatic carbocycles. The topological polar surface area (TPSA) is 52.6 Å². The summed E-state index contributed by atoms with van der Waals surface area (Å²) in [5.74, 6) is -0.894. The van der Waals surface area contributed by atoms with Crippen molar-refractivity contribution in [1.82, 2.24) is 0 Å². The smallest absolute Gasteiger partial charge is 0.338 e. The van der Waals surface area contributed by atoms with Crippen LogP contribution < -0.4 is 0 Å². The number of carbonyl (C=O) groups excluding carboxylic acids is 2. The third-order valence-corrected chi connectivity index (χ3v) is 3.32. The molecular formula is C14H12Cl2O4. The molecule has 0 saturated heterocycles. The summed E-state index contributed by atoms with van der Waals surface area (Å²) in [4.78, 5) is 22.7. The molecule has 0 bridgehead atoms. The van der Waals surface area contributed by atoms with E-state index in [2.05, 4.69) is 0 Å². The summed E-state index contributed by atoms with van der Waals surface area (Å²) in [6.45, 7) is 1.36. The molecule has 1 unspecified atom stereocenters. The van der Waals surface area contributed by atoms with Crippen molar-refractivity contribution in [1.29, 1.82) is 0 Å². The van der Waals surface area contributed by atoms with Gasteiger partial charge in [-0.05, 0) is 12.1 Å². The monoisotopic (exact) mass is 314 g/mol. The molecule has 0 fully saturated rings. The van der Waals surface area contributed by atoms with E-state index in [0.29, 0.717) is 27.6 Å². The van der Waals surface area contributed by atoms with Crippen LogP contribution in [0.2, 0.25) is 10.0 Å². The summed E-state index contributed by atoms with van der Waals surface area (Å²) in [6, 6.07) is 4.89. The van der Waals surface area contributed by atoms with Gasteiger partial charge in [0, 0.05) is 23.9 Å². The first-order valence-electron chi connectivity index (χ1n) is 5.97. The van der Waals surface area contributed by atoms with Gasteiger partial charge in [-0.3, -0.25) is 4.79 Å². The van der Waals surface area contributed by atoms with Crippen molar-refractivity contribution in [3.8, 4) is 0 Å².